The highest BCUT2D eigenvalue weighted by atomic mass is 35.5. The van der Waals surface area contributed by atoms with Crippen molar-refractivity contribution in [3.63, 3.8) is 0 Å². The van der Waals surface area contributed by atoms with Crippen LogP contribution in [0.1, 0.15) is 69.0 Å². The molecule has 4 heterocycles. The van der Waals surface area contributed by atoms with Crippen LogP contribution in [0.5, 0.6) is 0 Å². The third-order valence-corrected chi connectivity index (χ3v) is 13.5. The van der Waals surface area contributed by atoms with E-state index in [0.717, 1.165) is 44.1 Å². The molecule has 4 fully saturated rings. The Morgan fingerprint density at radius 3 is 2.77 bits per heavy atom. The maximum Gasteiger partial charge on any atom is 0.260 e. The van der Waals surface area contributed by atoms with E-state index in [1.807, 2.05) is 11.8 Å². The largest absolute Gasteiger partial charge is 0.376 e. The predicted octanol–water partition coefficient (Wildman–Crippen LogP) is 3.11. The second-order valence-electron chi connectivity index (χ2n) is 14.5. The summed E-state index contributed by atoms with van der Waals surface area (Å²) < 4.78 is 62.4. The Hall–Kier alpha value is -1.32. The van der Waals surface area contributed by atoms with Gasteiger partial charge in [0.05, 0.1) is 43.7 Å². The maximum absolute atomic E-state index is 14.2. The molecule has 1 aromatic rings. The fraction of sp³-hybridized carbons (Fsp3) is 0.844. The monoisotopic (exact) mass is 719 g/mol. The molecule has 15 heteroatoms. The number of likely N-dealkylation sites (tertiary alicyclic amines) is 1. The van der Waals surface area contributed by atoms with Crippen LogP contribution in [-0.2, 0) is 38.9 Å². The first-order valence-electron chi connectivity index (χ1n) is 17.0. The lowest BCUT2D eigenvalue weighted by Gasteiger charge is -2.47. The smallest absolute Gasteiger partial charge is 0.260 e. The summed E-state index contributed by atoms with van der Waals surface area (Å²) in [4.78, 5) is 33.3. The summed E-state index contributed by atoms with van der Waals surface area (Å²) in [5.41, 5.74) is 1.34. The number of ether oxygens (including phenoxy) is 1. The molecular weight excluding hydrogens is 672 g/mol. The minimum absolute atomic E-state index is 0.0294. The van der Waals surface area contributed by atoms with Crippen LogP contribution in [0.3, 0.4) is 0 Å². The number of piperidine rings is 2. The molecule has 0 spiro atoms. The van der Waals surface area contributed by atoms with Crippen molar-refractivity contribution in [2.45, 2.75) is 119 Å². The summed E-state index contributed by atoms with van der Waals surface area (Å²) in [7, 11) is -3.65. The zero-order valence-electron chi connectivity index (χ0n) is 27.4. The molecule has 47 heavy (non-hydrogen) atoms. The second kappa shape index (κ2) is 14.1. The van der Waals surface area contributed by atoms with Crippen LogP contribution in [0, 0.1) is 24.7 Å². The molecule has 1 saturated carbocycles. The zero-order chi connectivity index (χ0) is 33.7. The van der Waals surface area contributed by atoms with Gasteiger partial charge in [0.1, 0.15) is 5.82 Å². The van der Waals surface area contributed by atoms with Crippen LogP contribution in [0.25, 0.3) is 0 Å². The summed E-state index contributed by atoms with van der Waals surface area (Å²) in [6, 6.07) is -0.0777. The maximum atomic E-state index is 14.2. The minimum atomic E-state index is -3.65. The van der Waals surface area contributed by atoms with E-state index in [2.05, 4.69) is 17.0 Å². The van der Waals surface area contributed by atoms with Gasteiger partial charge in [-0.15, -0.1) is 11.6 Å². The van der Waals surface area contributed by atoms with Crippen molar-refractivity contribution in [1.82, 2.24) is 24.5 Å². The minimum Gasteiger partial charge on any atom is -0.376 e. The van der Waals surface area contributed by atoms with Crippen LogP contribution < -0.4 is 15.6 Å². The number of hydrogen-bond acceptors (Lipinski definition) is 9. The lowest BCUT2D eigenvalue weighted by Crippen LogP contribution is -2.58. The molecule has 10 nitrogen and oxygen atoms in total. The number of fused-ring (bicyclic) bond motifs is 2. The van der Waals surface area contributed by atoms with Gasteiger partial charge in [0.15, 0.2) is 0 Å². The Labute approximate surface area is 285 Å². The van der Waals surface area contributed by atoms with Gasteiger partial charge in [0, 0.05) is 46.5 Å². The van der Waals surface area contributed by atoms with Gasteiger partial charge in [-0.25, -0.2) is 22.2 Å². The zero-order valence-corrected chi connectivity index (χ0v) is 29.8. The van der Waals surface area contributed by atoms with Gasteiger partial charge in [-0.1, -0.05) is 0 Å². The van der Waals surface area contributed by atoms with Crippen molar-refractivity contribution in [1.29, 1.82) is 0 Å². The number of amides is 1. The third-order valence-electron chi connectivity index (χ3n) is 11.0. The van der Waals surface area contributed by atoms with Gasteiger partial charge in [-0.05, 0) is 83.6 Å². The van der Waals surface area contributed by atoms with Crippen LogP contribution >= 0.6 is 23.4 Å². The predicted molar refractivity (Wildman–Crippen MR) is 179 cm³/mol. The summed E-state index contributed by atoms with van der Waals surface area (Å²) >= 11 is 8.47. The Morgan fingerprint density at radius 1 is 1.23 bits per heavy atom. The molecule has 6 rings (SSSR count). The molecule has 264 valence electrons. The van der Waals surface area contributed by atoms with E-state index in [1.54, 1.807) is 16.3 Å². The highest BCUT2D eigenvalue weighted by Crippen LogP contribution is 2.48. The molecule has 5 aliphatic rings. The molecule has 3 saturated heterocycles. The van der Waals surface area contributed by atoms with Crippen molar-refractivity contribution in [2.24, 2.45) is 17.8 Å². The standard InChI is InChI=1S/C32H48ClF2N5O5S2/c1-18-13-23(29-28(36-18)25(16-46-29)30(41)38-47(3,43)44)22-14-20(33)5-8-27(22)45-12-11-40-19(2)37-26-7-6-21(15-24(26)31(40)42)39-10-4-9-32(34,35)17-39/h18,20-23,25,27-29,36H,4-17H2,1-3H3,(H,38,41). The first-order chi connectivity index (χ1) is 22.2. The molecule has 0 bridgehead atoms. The molecule has 2 N–H and O–H groups in total. The number of sulfonamides is 1. The van der Waals surface area contributed by atoms with Gasteiger partial charge in [-0.3, -0.25) is 23.8 Å². The average Bonchev–Trinajstić information content (AvgIpc) is 3.41. The quantitative estimate of drug-likeness (QED) is 0.391. The summed E-state index contributed by atoms with van der Waals surface area (Å²) in [6.07, 6.45) is 6.45. The van der Waals surface area contributed by atoms with E-state index in [9.17, 15) is 26.8 Å². The van der Waals surface area contributed by atoms with Crippen LogP contribution in [0.15, 0.2) is 4.79 Å². The SMILES string of the molecule is Cc1nc2c(c(=O)n1CCOC1CCC(Cl)CC1C1CC(C)NC3C(C(=O)NS(C)(=O)=O)CSC13)CC(N1CCCC(F)(F)C1)CC2. The van der Waals surface area contributed by atoms with Crippen molar-refractivity contribution in [2.75, 3.05) is 31.7 Å². The Bertz CT molecular complexity index is 1500. The van der Waals surface area contributed by atoms with E-state index in [1.165, 1.54) is 0 Å². The van der Waals surface area contributed by atoms with E-state index < -0.39 is 27.8 Å². The number of carbonyl (C=O) groups is 1. The van der Waals surface area contributed by atoms with Crippen LogP contribution in [0.4, 0.5) is 8.78 Å². The number of nitrogens with one attached hydrogen (secondary N) is 2. The molecule has 9 unspecified atom stereocenters. The topological polar surface area (TPSA) is 123 Å². The first-order valence-corrected chi connectivity index (χ1v) is 20.4. The van der Waals surface area contributed by atoms with E-state index in [0.29, 0.717) is 56.1 Å². The Morgan fingerprint density at radius 2 is 2.02 bits per heavy atom. The molecule has 0 aromatic carbocycles. The van der Waals surface area contributed by atoms with Gasteiger partial charge >= 0.3 is 0 Å². The summed E-state index contributed by atoms with van der Waals surface area (Å²) in [5, 5.41) is 3.74. The number of rotatable bonds is 8. The number of aryl methyl sites for hydroxylation is 2. The summed E-state index contributed by atoms with van der Waals surface area (Å²) in [6.45, 7) is 5.01. The average molecular weight is 720 g/mol. The molecule has 2 aliphatic carbocycles. The van der Waals surface area contributed by atoms with E-state index in [-0.39, 0.29) is 65.2 Å². The summed E-state index contributed by atoms with van der Waals surface area (Å²) in [5.74, 6) is -2.01. The van der Waals surface area contributed by atoms with Crippen molar-refractivity contribution < 1.29 is 26.7 Å². The number of aromatic nitrogens is 2. The van der Waals surface area contributed by atoms with Gasteiger partial charge in [0.25, 0.3) is 11.5 Å². The lowest BCUT2D eigenvalue weighted by molar-refractivity contribution is -0.123. The van der Waals surface area contributed by atoms with Crippen LogP contribution in [-0.4, -0.2) is 101 Å². The first kappa shape index (κ1) is 35.5. The van der Waals surface area contributed by atoms with Gasteiger partial charge in [-0.2, -0.15) is 11.8 Å². The number of hydrogen-bond donors (Lipinski definition) is 2. The number of halogens is 3. The van der Waals surface area contributed by atoms with Crippen molar-refractivity contribution in [3.8, 4) is 0 Å². The number of carbonyl (C=O) groups excluding carboxylic acids is 1. The van der Waals surface area contributed by atoms with Gasteiger partial charge < -0.3 is 10.1 Å². The highest BCUT2D eigenvalue weighted by Gasteiger charge is 2.52. The fourth-order valence-electron chi connectivity index (χ4n) is 8.88. The van der Waals surface area contributed by atoms with E-state index >= 15 is 0 Å². The molecule has 3 aliphatic heterocycles. The molecule has 9 atom stereocenters. The Kier molecular flexibility index (Phi) is 10.7. The number of thioether (sulfide) groups is 1. The Balaban J connectivity index is 1.13. The molecule has 1 amide bonds. The number of nitrogens with zero attached hydrogens (tertiary/aromatic N) is 3. The third kappa shape index (κ3) is 8.03. The highest BCUT2D eigenvalue weighted by molar-refractivity contribution is 8.00. The van der Waals surface area contributed by atoms with Crippen molar-refractivity contribution >= 4 is 39.3 Å². The van der Waals surface area contributed by atoms with E-state index in [4.69, 9.17) is 21.3 Å². The normalized spacial score (nSPS) is 36.0. The van der Waals surface area contributed by atoms with Crippen molar-refractivity contribution in [3.05, 3.63) is 27.4 Å². The second-order valence-corrected chi connectivity index (χ2v) is 18.1. The molecule has 1 aromatic heterocycles. The van der Waals surface area contributed by atoms with Crippen LogP contribution in [0.2, 0.25) is 0 Å². The molecule has 0 radical (unpaired) electrons. The van der Waals surface area contributed by atoms with Gasteiger partial charge in [0.2, 0.25) is 15.9 Å². The number of alkyl halides is 3. The fourth-order valence-corrected chi connectivity index (χ4v) is 11.5. The lowest BCUT2D eigenvalue weighted by atomic mass is 9.70. The molecular formula is C32H48ClF2N5O5S2.